The number of ketones is 1. The maximum absolute atomic E-state index is 10.9. The lowest BCUT2D eigenvalue weighted by Gasteiger charge is -1.97. The molecule has 1 aromatic heterocycles. The van der Waals surface area contributed by atoms with Crippen LogP contribution in [0.1, 0.15) is 24.1 Å². The van der Waals surface area contributed by atoms with E-state index in [1.807, 2.05) is 18.2 Å². The van der Waals surface area contributed by atoms with Gasteiger partial charge in [-0.3, -0.25) is 4.79 Å². The Hall–Kier alpha value is -1.90. The van der Waals surface area contributed by atoms with Crippen LogP contribution < -0.4 is 0 Å². The number of hydrogen-bond acceptors (Lipinski definition) is 3. The second-order valence-electron chi connectivity index (χ2n) is 4.08. The van der Waals surface area contributed by atoms with Crippen molar-refractivity contribution in [3.63, 3.8) is 0 Å². The minimum absolute atomic E-state index is 0.0708. The summed E-state index contributed by atoms with van der Waals surface area (Å²) in [5, 5.41) is 0. The topological polar surface area (TPSA) is 43.1 Å². The summed E-state index contributed by atoms with van der Waals surface area (Å²) >= 11 is 0. The zero-order valence-electron chi connectivity index (χ0n) is 9.85. The van der Waals surface area contributed by atoms with Gasteiger partial charge in [0.05, 0.1) is 12.6 Å². The summed E-state index contributed by atoms with van der Waals surface area (Å²) in [6.45, 7) is 1.54. The molecule has 0 saturated heterocycles. The van der Waals surface area contributed by atoms with Crippen LogP contribution in [0.2, 0.25) is 0 Å². The van der Waals surface area contributed by atoms with Gasteiger partial charge in [-0.1, -0.05) is 30.3 Å². The van der Waals surface area contributed by atoms with E-state index in [0.717, 1.165) is 18.6 Å². The van der Waals surface area contributed by atoms with E-state index in [1.165, 1.54) is 12.5 Å². The Kier molecular flexibility index (Phi) is 3.70. The molecule has 1 aromatic carbocycles. The van der Waals surface area contributed by atoms with E-state index in [4.69, 9.17) is 4.42 Å². The number of carbonyl (C=O) groups is 1. The molecule has 0 N–H and O–H groups in total. The lowest BCUT2D eigenvalue weighted by molar-refractivity contribution is -0.116. The number of nitrogens with zero attached hydrogens (tertiary/aromatic N) is 1. The molecule has 0 saturated carbocycles. The molecule has 0 unspecified atom stereocenters. The molecule has 0 amide bonds. The van der Waals surface area contributed by atoms with Gasteiger partial charge in [0.1, 0.15) is 11.5 Å². The lowest BCUT2D eigenvalue weighted by Crippen LogP contribution is -1.95. The van der Waals surface area contributed by atoms with Crippen LogP contribution in [0, 0.1) is 0 Å². The van der Waals surface area contributed by atoms with Crippen LogP contribution in [-0.2, 0) is 24.1 Å². The van der Waals surface area contributed by atoms with Gasteiger partial charge in [-0.25, -0.2) is 4.98 Å². The smallest absolute Gasteiger partial charge is 0.201 e. The molecular weight excluding hydrogens is 214 g/mol. The predicted octanol–water partition coefficient (Wildman–Crippen LogP) is 2.59. The van der Waals surface area contributed by atoms with Crippen molar-refractivity contribution in [1.29, 1.82) is 0 Å². The SMILES string of the molecule is CC(=O)Cc1ncc(CCc2ccccc2)o1. The second-order valence-corrected chi connectivity index (χ2v) is 4.08. The van der Waals surface area contributed by atoms with Gasteiger partial charge >= 0.3 is 0 Å². The molecule has 1 heterocycles. The molecule has 88 valence electrons. The maximum atomic E-state index is 10.9. The molecule has 0 bridgehead atoms. The van der Waals surface area contributed by atoms with Crippen LogP contribution >= 0.6 is 0 Å². The quantitative estimate of drug-likeness (QED) is 0.791. The van der Waals surface area contributed by atoms with Gasteiger partial charge < -0.3 is 4.42 Å². The highest BCUT2D eigenvalue weighted by molar-refractivity contribution is 5.77. The van der Waals surface area contributed by atoms with Crippen LogP contribution in [0.5, 0.6) is 0 Å². The molecule has 0 fully saturated rings. The highest BCUT2D eigenvalue weighted by Crippen LogP contribution is 2.09. The number of oxazole rings is 1. The van der Waals surface area contributed by atoms with Crippen molar-refractivity contribution >= 4 is 5.78 Å². The molecule has 17 heavy (non-hydrogen) atoms. The van der Waals surface area contributed by atoms with E-state index < -0.39 is 0 Å². The first-order valence-electron chi connectivity index (χ1n) is 5.71. The highest BCUT2D eigenvalue weighted by Gasteiger charge is 2.06. The van der Waals surface area contributed by atoms with Gasteiger partial charge in [0, 0.05) is 6.42 Å². The summed E-state index contributed by atoms with van der Waals surface area (Å²) in [6.07, 6.45) is 3.73. The van der Waals surface area contributed by atoms with Crippen molar-refractivity contribution in [1.82, 2.24) is 4.98 Å². The number of carbonyl (C=O) groups excluding carboxylic acids is 1. The minimum atomic E-state index is 0.0708. The fourth-order valence-electron chi connectivity index (χ4n) is 1.67. The molecule has 0 aliphatic rings. The molecule has 2 rings (SSSR count). The van der Waals surface area contributed by atoms with E-state index in [0.29, 0.717) is 5.89 Å². The van der Waals surface area contributed by atoms with E-state index in [2.05, 4.69) is 17.1 Å². The van der Waals surface area contributed by atoms with Gasteiger partial charge in [-0.05, 0) is 18.9 Å². The first-order valence-corrected chi connectivity index (χ1v) is 5.71. The van der Waals surface area contributed by atoms with Crippen LogP contribution in [0.3, 0.4) is 0 Å². The Balaban J connectivity index is 1.91. The standard InChI is InChI=1S/C14H15NO2/c1-11(16)9-14-15-10-13(17-14)8-7-12-5-3-2-4-6-12/h2-6,10H,7-9H2,1H3. The Labute approximate surface area is 100 Å². The normalized spacial score (nSPS) is 10.4. The van der Waals surface area contributed by atoms with Gasteiger partial charge in [-0.15, -0.1) is 0 Å². The van der Waals surface area contributed by atoms with Gasteiger partial charge in [0.25, 0.3) is 0 Å². The zero-order chi connectivity index (χ0) is 12.1. The number of hydrogen-bond donors (Lipinski definition) is 0. The Morgan fingerprint density at radius 3 is 2.71 bits per heavy atom. The van der Waals surface area contributed by atoms with Crippen molar-refractivity contribution in [2.24, 2.45) is 0 Å². The first kappa shape index (κ1) is 11.6. The van der Waals surface area contributed by atoms with E-state index >= 15 is 0 Å². The summed E-state index contributed by atoms with van der Waals surface area (Å²) in [6, 6.07) is 10.2. The van der Waals surface area contributed by atoms with E-state index in [9.17, 15) is 4.79 Å². The molecular formula is C14H15NO2. The van der Waals surface area contributed by atoms with Crippen LogP contribution in [0.15, 0.2) is 40.9 Å². The van der Waals surface area contributed by atoms with Crippen LogP contribution in [0.25, 0.3) is 0 Å². The largest absolute Gasteiger partial charge is 0.445 e. The third-order valence-corrected chi connectivity index (χ3v) is 2.50. The zero-order valence-corrected chi connectivity index (χ0v) is 9.85. The lowest BCUT2D eigenvalue weighted by atomic mass is 10.1. The Morgan fingerprint density at radius 1 is 1.24 bits per heavy atom. The number of aromatic nitrogens is 1. The summed E-state index contributed by atoms with van der Waals surface area (Å²) in [7, 11) is 0. The van der Waals surface area contributed by atoms with Crippen LogP contribution in [0.4, 0.5) is 0 Å². The summed E-state index contributed by atoms with van der Waals surface area (Å²) in [5.74, 6) is 1.42. The fourth-order valence-corrected chi connectivity index (χ4v) is 1.67. The highest BCUT2D eigenvalue weighted by atomic mass is 16.4. The number of Topliss-reactive ketones (excluding diaryl/α,β-unsaturated/α-hetero) is 1. The van der Waals surface area contributed by atoms with Gasteiger partial charge in [-0.2, -0.15) is 0 Å². The summed E-state index contributed by atoms with van der Waals surface area (Å²) in [5.41, 5.74) is 1.28. The molecule has 0 aliphatic heterocycles. The average Bonchev–Trinajstić information content (AvgIpc) is 2.75. The molecule has 2 aromatic rings. The van der Waals surface area contributed by atoms with E-state index in [-0.39, 0.29) is 12.2 Å². The van der Waals surface area contributed by atoms with Crippen molar-refractivity contribution in [2.45, 2.75) is 26.2 Å². The summed E-state index contributed by atoms with van der Waals surface area (Å²) in [4.78, 5) is 15.0. The number of aryl methyl sites for hydroxylation is 2. The van der Waals surface area contributed by atoms with E-state index in [1.54, 1.807) is 6.20 Å². The first-order chi connectivity index (χ1) is 8.24. The number of rotatable bonds is 5. The third-order valence-electron chi connectivity index (χ3n) is 2.50. The van der Waals surface area contributed by atoms with Gasteiger partial charge in [0.2, 0.25) is 5.89 Å². The van der Waals surface area contributed by atoms with Crippen molar-refractivity contribution < 1.29 is 9.21 Å². The molecule has 3 nitrogen and oxygen atoms in total. The Morgan fingerprint density at radius 2 is 2.00 bits per heavy atom. The fraction of sp³-hybridized carbons (Fsp3) is 0.286. The van der Waals surface area contributed by atoms with Crippen LogP contribution in [-0.4, -0.2) is 10.8 Å². The van der Waals surface area contributed by atoms with Gasteiger partial charge in [0.15, 0.2) is 0 Å². The van der Waals surface area contributed by atoms with Crippen molar-refractivity contribution in [3.8, 4) is 0 Å². The monoisotopic (exact) mass is 229 g/mol. The summed E-state index contributed by atoms with van der Waals surface area (Å²) < 4.78 is 5.48. The molecule has 0 atom stereocenters. The molecule has 0 aliphatic carbocycles. The average molecular weight is 229 g/mol. The minimum Gasteiger partial charge on any atom is -0.445 e. The van der Waals surface area contributed by atoms with Crippen molar-refractivity contribution in [2.75, 3.05) is 0 Å². The molecule has 0 radical (unpaired) electrons. The molecule has 0 spiro atoms. The second kappa shape index (κ2) is 5.43. The third kappa shape index (κ3) is 3.55. The number of benzene rings is 1. The predicted molar refractivity (Wildman–Crippen MR) is 64.7 cm³/mol. The Bertz CT molecular complexity index is 488. The van der Waals surface area contributed by atoms with Crippen molar-refractivity contribution in [3.05, 3.63) is 53.7 Å². The maximum Gasteiger partial charge on any atom is 0.201 e. The molecule has 3 heteroatoms.